The summed E-state index contributed by atoms with van der Waals surface area (Å²) in [4.78, 5) is 22.1. The second-order valence-electron chi connectivity index (χ2n) is 2.89. The Morgan fingerprint density at radius 2 is 1.29 bits per heavy atom. The summed E-state index contributed by atoms with van der Waals surface area (Å²) in [6, 6.07) is 0. The summed E-state index contributed by atoms with van der Waals surface area (Å²) in [5.41, 5.74) is 0. The molecule has 0 aromatic heterocycles. The Labute approximate surface area is 89.9 Å². The second kappa shape index (κ2) is 6.10. The number of hydrogen-bond acceptors (Lipinski definition) is 5. The van der Waals surface area contributed by atoms with Gasteiger partial charge in [0.25, 0.3) is 0 Å². The van der Waals surface area contributed by atoms with Gasteiger partial charge in [0.2, 0.25) is 0 Å². The Morgan fingerprint density at radius 3 is 1.50 bits per heavy atom. The van der Waals surface area contributed by atoms with Crippen LogP contribution in [0.15, 0.2) is 0 Å². The van der Waals surface area contributed by atoms with E-state index in [4.69, 9.17) is 0 Å². The zero-order chi connectivity index (χ0) is 11.3. The molecule has 14 heavy (non-hydrogen) atoms. The van der Waals surface area contributed by atoms with E-state index >= 15 is 0 Å². The van der Waals surface area contributed by atoms with Crippen LogP contribution in [0.3, 0.4) is 0 Å². The molecule has 0 aliphatic rings. The summed E-state index contributed by atoms with van der Waals surface area (Å²) in [5, 5.41) is 0. The molecule has 80 valence electrons. The third-order valence-electron chi connectivity index (χ3n) is 1.96. The number of esters is 2. The molecular formula is C8H14O5Sn. The van der Waals surface area contributed by atoms with Crippen molar-refractivity contribution in [2.75, 3.05) is 14.2 Å². The van der Waals surface area contributed by atoms with Gasteiger partial charge < -0.3 is 0 Å². The van der Waals surface area contributed by atoms with E-state index in [0.29, 0.717) is 0 Å². The van der Waals surface area contributed by atoms with Crippen LogP contribution >= 0.6 is 0 Å². The van der Waals surface area contributed by atoms with Crippen LogP contribution in [0.4, 0.5) is 0 Å². The topological polar surface area (TPSA) is 69.7 Å². The summed E-state index contributed by atoms with van der Waals surface area (Å²) in [6.45, 7) is 3.04. The number of carbonyl (C=O) groups excluding carboxylic acids is 2. The predicted octanol–water partition coefficient (Wildman–Crippen LogP) is 0.535. The molecule has 6 heteroatoms. The molecule has 0 spiro atoms. The maximum atomic E-state index is 11.7. The standard InChI is InChI=1S/2C4H7O2.O.Sn/c2*1-3-4(5)6-2;;/h2*3H,1-2H3;;. The number of ether oxygens (including phenoxy) is 2. The molecule has 5 nitrogen and oxygen atoms in total. The van der Waals surface area contributed by atoms with Gasteiger partial charge in [-0.05, 0) is 0 Å². The molecule has 0 heterocycles. The van der Waals surface area contributed by atoms with E-state index in [0.717, 1.165) is 0 Å². The first kappa shape index (κ1) is 13.5. The average Bonchev–Trinajstić information content (AvgIpc) is 2.23. The third kappa shape index (κ3) is 3.36. The van der Waals surface area contributed by atoms with Gasteiger partial charge in [0.15, 0.2) is 0 Å². The van der Waals surface area contributed by atoms with Crippen molar-refractivity contribution in [3.05, 3.63) is 0 Å². The SMILES string of the molecule is COC(=O)[CH](C)[Sn](=[O])[CH](C)C(=O)OC. The quantitative estimate of drug-likeness (QED) is 0.560. The number of hydrogen-bond donors (Lipinski definition) is 0. The van der Waals surface area contributed by atoms with Crippen LogP contribution in [-0.4, -0.2) is 45.9 Å². The second-order valence-corrected chi connectivity index (χ2v) is 10.1. The van der Waals surface area contributed by atoms with Crippen molar-refractivity contribution >= 4 is 31.7 Å². The molecule has 0 saturated heterocycles. The molecular weight excluding hydrogens is 295 g/mol. The average molecular weight is 309 g/mol. The van der Waals surface area contributed by atoms with Crippen LogP contribution in [0, 0.1) is 0 Å². The van der Waals surface area contributed by atoms with Crippen molar-refractivity contribution in [3.63, 3.8) is 0 Å². The van der Waals surface area contributed by atoms with E-state index in [1.165, 1.54) is 28.1 Å². The van der Waals surface area contributed by atoms with Crippen molar-refractivity contribution in [2.45, 2.75) is 21.7 Å². The zero-order valence-corrected chi connectivity index (χ0v) is 11.6. The Balaban J connectivity index is 4.46. The predicted molar refractivity (Wildman–Crippen MR) is 49.3 cm³/mol. The third-order valence-corrected chi connectivity index (χ3v) is 8.18. The monoisotopic (exact) mass is 310 g/mol. The van der Waals surface area contributed by atoms with Crippen molar-refractivity contribution in [3.8, 4) is 0 Å². The van der Waals surface area contributed by atoms with E-state index in [2.05, 4.69) is 9.47 Å². The molecule has 0 N–H and O–H groups in total. The first-order valence-electron chi connectivity index (χ1n) is 4.15. The number of carbonyl (C=O) groups is 2. The Kier molecular flexibility index (Phi) is 5.90. The van der Waals surface area contributed by atoms with E-state index in [9.17, 15) is 12.7 Å². The van der Waals surface area contributed by atoms with Gasteiger partial charge in [-0.1, -0.05) is 0 Å². The summed E-state index contributed by atoms with van der Waals surface area (Å²) in [7, 11) is 2.47. The van der Waals surface area contributed by atoms with E-state index in [1.807, 2.05) is 0 Å². The first-order valence-corrected chi connectivity index (χ1v) is 8.61. The van der Waals surface area contributed by atoms with Crippen LogP contribution in [0.25, 0.3) is 0 Å². The van der Waals surface area contributed by atoms with E-state index < -0.39 is 39.6 Å². The molecule has 0 aliphatic heterocycles. The van der Waals surface area contributed by atoms with Crippen LogP contribution < -0.4 is 0 Å². The van der Waals surface area contributed by atoms with E-state index in [1.54, 1.807) is 0 Å². The van der Waals surface area contributed by atoms with Crippen molar-refractivity contribution < 1.29 is 22.1 Å². The van der Waals surface area contributed by atoms with Gasteiger partial charge in [-0.15, -0.1) is 0 Å². The van der Waals surface area contributed by atoms with Crippen molar-refractivity contribution in [2.24, 2.45) is 0 Å². The van der Waals surface area contributed by atoms with Gasteiger partial charge in [0.1, 0.15) is 0 Å². The molecule has 2 unspecified atom stereocenters. The van der Waals surface area contributed by atoms with Gasteiger partial charge in [-0.3, -0.25) is 0 Å². The maximum absolute atomic E-state index is 11.7. The molecule has 0 aromatic rings. The zero-order valence-electron chi connectivity index (χ0n) is 8.70. The van der Waals surface area contributed by atoms with Crippen molar-refractivity contribution in [1.82, 2.24) is 0 Å². The molecule has 0 saturated carbocycles. The molecule has 0 rings (SSSR count). The molecule has 0 fully saturated rings. The van der Waals surface area contributed by atoms with E-state index in [-0.39, 0.29) is 0 Å². The summed E-state index contributed by atoms with van der Waals surface area (Å²) >= 11 is -3.32. The molecule has 0 amide bonds. The minimum atomic E-state index is -3.32. The van der Waals surface area contributed by atoms with Gasteiger partial charge in [-0.2, -0.15) is 0 Å². The summed E-state index contributed by atoms with van der Waals surface area (Å²) in [6.07, 6.45) is 0. The molecule has 0 bridgehead atoms. The first-order chi connectivity index (χ1) is 6.45. The fraction of sp³-hybridized carbons (Fsp3) is 0.750. The fourth-order valence-electron chi connectivity index (χ4n) is 0.961. The van der Waals surface area contributed by atoms with Crippen LogP contribution in [-0.2, 0) is 22.1 Å². The minimum absolute atomic E-state index is 0.523. The normalized spacial score (nSPS) is 14.0. The fourth-order valence-corrected chi connectivity index (χ4v) is 5.10. The van der Waals surface area contributed by atoms with Crippen LogP contribution in [0.5, 0.6) is 0 Å². The number of rotatable bonds is 4. The Bertz CT molecular complexity index is 226. The van der Waals surface area contributed by atoms with Crippen molar-refractivity contribution in [1.29, 1.82) is 0 Å². The Hall–Kier alpha value is -0.461. The summed E-state index contributed by atoms with van der Waals surface area (Å²) < 4.78 is 19.3. The van der Waals surface area contributed by atoms with Crippen LogP contribution in [0.2, 0.25) is 7.87 Å². The number of methoxy groups -OCH3 is 2. The van der Waals surface area contributed by atoms with Crippen LogP contribution in [0.1, 0.15) is 13.8 Å². The Morgan fingerprint density at radius 1 is 1.00 bits per heavy atom. The summed E-state index contributed by atoms with van der Waals surface area (Å²) in [5.74, 6) is -1.05. The molecule has 0 aromatic carbocycles. The molecule has 0 aliphatic carbocycles. The van der Waals surface area contributed by atoms with Gasteiger partial charge in [0, 0.05) is 0 Å². The molecule has 2 atom stereocenters. The van der Waals surface area contributed by atoms with Gasteiger partial charge >= 0.3 is 89.8 Å². The van der Waals surface area contributed by atoms with Gasteiger partial charge in [0.05, 0.1) is 0 Å². The molecule has 0 radical (unpaired) electrons. The van der Waals surface area contributed by atoms with Gasteiger partial charge in [-0.25, -0.2) is 0 Å².